The maximum atomic E-state index is 5.48. The van der Waals surface area contributed by atoms with Crippen molar-refractivity contribution in [1.82, 2.24) is 15.0 Å². The third-order valence-electron chi connectivity index (χ3n) is 2.74. The first kappa shape index (κ1) is 18.2. The molecule has 1 aromatic heterocycles. The maximum Gasteiger partial charge on any atom is 0.0852 e. The van der Waals surface area contributed by atoms with Crippen LogP contribution in [0.2, 0.25) is 0 Å². The Kier molecular flexibility index (Phi) is 10.1. The molecule has 0 aliphatic rings. The van der Waals surface area contributed by atoms with Crippen LogP contribution in [0.5, 0.6) is 0 Å². The van der Waals surface area contributed by atoms with Crippen LogP contribution in [0.3, 0.4) is 0 Å². The lowest BCUT2D eigenvalue weighted by Crippen LogP contribution is -2.12. The van der Waals surface area contributed by atoms with Gasteiger partial charge in [0.15, 0.2) is 0 Å². The van der Waals surface area contributed by atoms with Gasteiger partial charge in [-0.2, -0.15) is 0 Å². The molecule has 1 rings (SSSR count). The van der Waals surface area contributed by atoms with Crippen LogP contribution in [0, 0.1) is 0 Å². The molecule has 0 fully saturated rings. The predicted octanol–water partition coefficient (Wildman–Crippen LogP) is 1.84. The highest BCUT2D eigenvalue weighted by atomic mass is 32.1. The Hall–Kier alpha value is -0.890. The monoisotopic (exact) mass is 315 g/mol. The van der Waals surface area contributed by atoms with Gasteiger partial charge < -0.3 is 14.2 Å². The molecule has 0 aliphatic heterocycles. The van der Waals surface area contributed by atoms with Gasteiger partial charge in [0.05, 0.1) is 51.9 Å². The summed E-state index contributed by atoms with van der Waals surface area (Å²) in [4.78, 5) is 0. The van der Waals surface area contributed by atoms with E-state index in [1.165, 1.54) is 0 Å². The quantitative estimate of drug-likeness (QED) is 0.409. The van der Waals surface area contributed by atoms with Gasteiger partial charge >= 0.3 is 0 Å². The first-order chi connectivity index (χ1) is 10.2. The topological polar surface area (TPSA) is 58.4 Å². The van der Waals surface area contributed by atoms with Crippen molar-refractivity contribution < 1.29 is 14.2 Å². The number of aromatic nitrogens is 3. The van der Waals surface area contributed by atoms with Crippen LogP contribution >= 0.6 is 12.2 Å². The summed E-state index contributed by atoms with van der Waals surface area (Å²) in [5, 5.41) is 9.82. The van der Waals surface area contributed by atoms with Crippen molar-refractivity contribution in [1.29, 1.82) is 0 Å². The van der Waals surface area contributed by atoms with E-state index >= 15 is 0 Å². The fraction of sp³-hybridized carbons (Fsp3) is 0.786. The van der Waals surface area contributed by atoms with Gasteiger partial charge in [0.25, 0.3) is 0 Å². The van der Waals surface area contributed by atoms with E-state index < -0.39 is 0 Å². The lowest BCUT2D eigenvalue weighted by molar-refractivity contribution is 0.0140. The molecule has 0 saturated carbocycles. The molecule has 0 radical (unpaired) electrons. The van der Waals surface area contributed by atoms with Gasteiger partial charge in [-0.3, -0.25) is 0 Å². The molecule has 0 aliphatic carbocycles. The maximum absolute atomic E-state index is 5.48. The Morgan fingerprint density at radius 3 is 2.29 bits per heavy atom. The fourth-order valence-corrected chi connectivity index (χ4v) is 1.61. The summed E-state index contributed by atoms with van der Waals surface area (Å²) in [7, 11) is 0. The zero-order chi connectivity index (χ0) is 15.3. The van der Waals surface area contributed by atoms with Gasteiger partial charge in [-0.25, -0.2) is 4.68 Å². The normalized spacial score (nSPS) is 11.2. The number of hydrogen-bond donors (Lipinski definition) is 0. The highest BCUT2D eigenvalue weighted by molar-refractivity contribution is 7.78. The van der Waals surface area contributed by atoms with Crippen LogP contribution in [0.4, 0.5) is 0 Å². The molecule has 0 bridgehead atoms. The Labute approximate surface area is 131 Å². The molecule has 6 nitrogen and oxygen atoms in total. The number of nitrogens with zero attached hydrogens (tertiary/aromatic N) is 3. The Morgan fingerprint density at radius 1 is 1.10 bits per heavy atom. The first-order valence-electron chi connectivity index (χ1n) is 7.31. The van der Waals surface area contributed by atoms with E-state index in [1.54, 1.807) is 10.0 Å². The van der Waals surface area contributed by atoms with Crippen molar-refractivity contribution in [3.8, 4) is 0 Å². The minimum absolute atomic E-state index is 0.402. The third-order valence-corrected chi connectivity index (χ3v) is 2.97. The number of rotatable bonds is 13. The van der Waals surface area contributed by atoms with Crippen LogP contribution in [0.25, 0.3) is 0 Å². The van der Waals surface area contributed by atoms with E-state index in [-0.39, 0.29) is 0 Å². The van der Waals surface area contributed by atoms with Crippen LogP contribution in [-0.4, -0.2) is 60.0 Å². The molecule has 0 atom stereocenters. The van der Waals surface area contributed by atoms with Crippen LogP contribution in [0.15, 0.2) is 6.20 Å². The van der Waals surface area contributed by atoms with Gasteiger partial charge in [0.2, 0.25) is 0 Å². The highest BCUT2D eigenvalue weighted by Gasteiger charge is 2.04. The van der Waals surface area contributed by atoms with Gasteiger partial charge in [0, 0.05) is 6.20 Å². The molecule has 0 unspecified atom stereocenters. The predicted molar refractivity (Wildman–Crippen MR) is 84.8 cm³/mol. The van der Waals surface area contributed by atoms with Crippen molar-refractivity contribution >= 4 is 17.6 Å². The first-order valence-corrected chi connectivity index (χ1v) is 7.78. The SMILES string of the molecule is CC(C)c1cn(CCOCCOCCOCCC=S)nn1. The van der Waals surface area contributed by atoms with Crippen LogP contribution in [-0.2, 0) is 20.8 Å². The largest absolute Gasteiger partial charge is 0.379 e. The van der Waals surface area contributed by atoms with Crippen molar-refractivity contribution in [3.63, 3.8) is 0 Å². The average molecular weight is 315 g/mol. The van der Waals surface area contributed by atoms with E-state index in [4.69, 9.17) is 26.4 Å². The summed E-state index contributed by atoms with van der Waals surface area (Å²) in [5.74, 6) is 0.402. The van der Waals surface area contributed by atoms with E-state index in [1.807, 2.05) is 6.20 Å². The van der Waals surface area contributed by atoms with E-state index in [9.17, 15) is 0 Å². The van der Waals surface area contributed by atoms with Crippen molar-refractivity contribution in [3.05, 3.63) is 11.9 Å². The van der Waals surface area contributed by atoms with Gasteiger partial charge in [0.1, 0.15) is 0 Å². The van der Waals surface area contributed by atoms with Crippen molar-refractivity contribution in [2.75, 3.05) is 39.6 Å². The summed E-state index contributed by atoms with van der Waals surface area (Å²) in [6.07, 6.45) is 2.77. The summed E-state index contributed by atoms with van der Waals surface area (Å²) in [6, 6.07) is 0. The Morgan fingerprint density at radius 2 is 1.71 bits per heavy atom. The summed E-state index contributed by atoms with van der Waals surface area (Å²) in [6.45, 7) is 8.51. The number of hydrogen-bond acceptors (Lipinski definition) is 6. The second-order valence-electron chi connectivity index (χ2n) is 4.85. The van der Waals surface area contributed by atoms with E-state index in [0.29, 0.717) is 52.1 Å². The molecule has 0 aromatic carbocycles. The van der Waals surface area contributed by atoms with Crippen molar-refractivity contribution in [2.45, 2.75) is 32.7 Å². The highest BCUT2D eigenvalue weighted by Crippen LogP contribution is 2.08. The third kappa shape index (κ3) is 8.87. The smallest absolute Gasteiger partial charge is 0.0852 e. The second-order valence-corrected chi connectivity index (χ2v) is 5.19. The molecule has 0 amide bonds. The van der Waals surface area contributed by atoms with Gasteiger partial charge in [-0.05, 0) is 17.7 Å². The van der Waals surface area contributed by atoms with E-state index in [2.05, 4.69) is 24.2 Å². The Balaban J connectivity index is 1.89. The lowest BCUT2D eigenvalue weighted by Gasteiger charge is -2.06. The standard InChI is InChI=1S/C14H25N3O3S/c1-13(2)14-12-17(16-15-14)4-6-19-8-10-20-9-7-18-5-3-11-21/h11-13H,3-10H2,1-2H3. The molecular weight excluding hydrogens is 290 g/mol. The van der Waals surface area contributed by atoms with Gasteiger partial charge in [-0.1, -0.05) is 31.3 Å². The molecule has 0 saturated heterocycles. The van der Waals surface area contributed by atoms with Crippen molar-refractivity contribution in [2.24, 2.45) is 0 Å². The molecule has 7 heteroatoms. The minimum Gasteiger partial charge on any atom is -0.379 e. The second kappa shape index (κ2) is 11.7. The minimum atomic E-state index is 0.402. The zero-order valence-corrected chi connectivity index (χ0v) is 13.7. The molecule has 120 valence electrons. The summed E-state index contributed by atoms with van der Waals surface area (Å²) in [5.41, 5.74) is 1.01. The molecule has 21 heavy (non-hydrogen) atoms. The Bertz CT molecular complexity index is 385. The molecule has 1 aromatic rings. The lowest BCUT2D eigenvalue weighted by atomic mass is 10.2. The zero-order valence-electron chi connectivity index (χ0n) is 12.9. The molecule has 0 N–H and O–H groups in total. The van der Waals surface area contributed by atoms with Gasteiger partial charge in [-0.15, -0.1) is 5.10 Å². The summed E-state index contributed by atoms with van der Waals surface area (Å²) >= 11 is 4.70. The molecule has 1 heterocycles. The molecular formula is C14H25N3O3S. The van der Waals surface area contributed by atoms with E-state index in [0.717, 1.165) is 12.1 Å². The molecule has 0 spiro atoms. The van der Waals surface area contributed by atoms with Crippen LogP contribution < -0.4 is 0 Å². The number of ether oxygens (including phenoxy) is 3. The summed E-state index contributed by atoms with van der Waals surface area (Å²) < 4.78 is 18.0. The number of thiocarbonyl (C=S) groups is 1. The van der Waals surface area contributed by atoms with Crippen LogP contribution in [0.1, 0.15) is 31.9 Å². The average Bonchev–Trinajstić information content (AvgIpc) is 2.94. The fourth-order valence-electron chi connectivity index (χ4n) is 1.52.